The summed E-state index contributed by atoms with van der Waals surface area (Å²) in [6, 6.07) is 0.748. The number of hydrogen-bond acceptors (Lipinski definition) is 1. The lowest BCUT2D eigenvalue weighted by Gasteiger charge is -2.27. The third kappa shape index (κ3) is 3.30. The van der Waals surface area contributed by atoms with Gasteiger partial charge in [0, 0.05) is 12.6 Å². The van der Waals surface area contributed by atoms with Gasteiger partial charge in [0.15, 0.2) is 0 Å². The van der Waals surface area contributed by atoms with Crippen LogP contribution in [0.1, 0.15) is 59.3 Å². The van der Waals surface area contributed by atoms with Crippen LogP contribution in [0.3, 0.4) is 0 Å². The van der Waals surface area contributed by atoms with Crippen molar-refractivity contribution in [3.8, 4) is 0 Å². The summed E-state index contributed by atoms with van der Waals surface area (Å²) in [6.07, 6.45) is 8.29. The van der Waals surface area contributed by atoms with Crippen LogP contribution in [-0.2, 0) is 0 Å². The Morgan fingerprint density at radius 2 is 1.69 bits per heavy atom. The van der Waals surface area contributed by atoms with Gasteiger partial charge < -0.3 is 5.32 Å². The zero-order chi connectivity index (χ0) is 9.73. The molecule has 0 heterocycles. The molecule has 0 aromatic carbocycles. The Labute approximate surface area is 83.3 Å². The second-order valence-electron chi connectivity index (χ2n) is 4.91. The summed E-state index contributed by atoms with van der Waals surface area (Å²) < 4.78 is 0. The Balaban J connectivity index is 2.23. The van der Waals surface area contributed by atoms with E-state index in [9.17, 15) is 0 Å². The average Bonchev–Trinajstić information content (AvgIpc) is 2.55. The van der Waals surface area contributed by atoms with Crippen LogP contribution in [0.15, 0.2) is 0 Å². The van der Waals surface area contributed by atoms with Gasteiger partial charge in [-0.15, -0.1) is 0 Å². The third-order valence-corrected chi connectivity index (χ3v) is 3.61. The first-order chi connectivity index (χ1) is 6.20. The van der Waals surface area contributed by atoms with E-state index < -0.39 is 0 Å². The molecule has 0 amide bonds. The highest BCUT2D eigenvalue weighted by atomic mass is 14.9. The van der Waals surface area contributed by atoms with Gasteiger partial charge in [-0.05, 0) is 31.1 Å². The van der Waals surface area contributed by atoms with Crippen LogP contribution in [-0.4, -0.2) is 12.6 Å². The molecule has 0 aromatic rings. The molecular formula is C12H25N. The summed E-state index contributed by atoms with van der Waals surface area (Å²) in [6.45, 7) is 8.23. The summed E-state index contributed by atoms with van der Waals surface area (Å²) in [5.41, 5.74) is 0.614. The quantitative estimate of drug-likeness (QED) is 0.689. The Morgan fingerprint density at radius 3 is 2.15 bits per heavy atom. The van der Waals surface area contributed by atoms with Crippen molar-refractivity contribution in [2.24, 2.45) is 5.41 Å². The number of hydrogen-bond donors (Lipinski definition) is 1. The first-order valence-corrected chi connectivity index (χ1v) is 5.93. The van der Waals surface area contributed by atoms with Gasteiger partial charge in [-0.25, -0.2) is 0 Å². The smallest absolute Gasteiger partial charge is 0.00620 e. The predicted molar refractivity (Wildman–Crippen MR) is 58.9 cm³/mol. The average molecular weight is 183 g/mol. The van der Waals surface area contributed by atoms with Gasteiger partial charge in [0.1, 0.15) is 0 Å². The van der Waals surface area contributed by atoms with Crippen molar-refractivity contribution in [3.63, 3.8) is 0 Å². The van der Waals surface area contributed by atoms with Crippen LogP contribution >= 0.6 is 0 Å². The number of rotatable bonds is 5. The molecule has 1 aliphatic carbocycles. The minimum Gasteiger partial charge on any atom is -0.313 e. The Bertz CT molecular complexity index is 132. The molecule has 0 saturated heterocycles. The molecule has 0 aromatic heterocycles. The van der Waals surface area contributed by atoms with E-state index in [0.717, 1.165) is 6.04 Å². The molecule has 0 atom stereocenters. The minimum atomic E-state index is 0.614. The lowest BCUT2D eigenvalue weighted by Crippen LogP contribution is -2.36. The van der Waals surface area contributed by atoms with Crippen LogP contribution in [0.25, 0.3) is 0 Å². The van der Waals surface area contributed by atoms with E-state index in [2.05, 4.69) is 26.1 Å². The summed E-state index contributed by atoms with van der Waals surface area (Å²) >= 11 is 0. The SMILES string of the molecule is CCC(CC)NCC1(C)CCCC1. The maximum absolute atomic E-state index is 3.70. The van der Waals surface area contributed by atoms with E-state index in [1.165, 1.54) is 45.1 Å². The molecule has 0 radical (unpaired) electrons. The van der Waals surface area contributed by atoms with E-state index in [1.54, 1.807) is 0 Å². The van der Waals surface area contributed by atoms with E-state index in [1.807, 2.05) is 0 Å². The topological polar surface area (TPSA) is 12.0 Å². The standard InChI is InChI=1S/C12H25N/c1-4-11(5-2)13-10-12(3)8-6-7-9-12/h11,13H,4-10H2,1-3H3. The van der Waals surface area contributed by atoms with Crippen LogP contribution in [0.4, 0.5) is 0 Å². The zero-order valence-electron chi connectivity index (χ0n) is 9.53. The van der Waals surface area contributed by atoms with Gasteiger partial charge in [0.2, 0.25) is 0 Å². The predicted octanol–water partition coefficient (Wildman–Crippen LogP) is 3.34. The minimum absolute atomic E-state index is 0.614. The van der Waals surface area contributed by atoms with E-state index >= 15 is 0 Å². The van der Waals surface area contributed by atoms with E-state index in [0.29, 0.717) is 5.41 Å². The molecule has 1 N–H and O–H groups in total. The summed E-state index contributed by atoms with van der Waals surface area (Å²) in [4.78, 5) is 0. The maximum Gasteiger partial charge on any atom is 0.00620 e. The van der Waals surface area contributed by atoms with Crippen molar-refractivity contribution >= 4 is 0 Å². The summed E-state index contributed by atoms with van der Waals surface area (Å²) in [5, 5.41) is 3.70. The molecule has 1 fully saturated rings. The highest BCUT2D eigenvalue weighted by Crippen LogP contribution is 2.36. The van der Waals surface area contributed by atoms with Crippen LogP contribution in [0.5, 0.6) is 0 Å². The van der Waals surface area contributed by atoms with E-state index in [4.69, 9.17) is 0 Å². The third-order valence-electron chi connectivity index (χ3n) is 3.61. The van der Waals surface area contributed by atoms with Gasteiger partial charge >= 0.3 is 0 Å². The number of nitrogens with one attached hydrogen (secondary N) is 1. The molecule has 1 saturated carbocycles. The fourth-order valence-electron chi connectivity index (χ4n) is 2.37. The molecule has 1 heteroatoms. The van der Waals surface area contributed by atoms with Gasteiger partial charge in [0.05, 0.1) is 0 Å². The van der Waals surface area contributed by atoms with Crippen molar-refractivity contribution in [2.45, 2.75) is 65.3 Å². The Kier molecular flexibility index (Phi) is 4.24. The van der Waals surface area contributed by atoms with Gasteiger partial charge in [-0.2, -0.15) is 0 Å². The first-order valence-electron chi connectivity index (χ1n) is 5.93. The van der Waals surface area contributed by atoms with Gasteiger partial charge in [0.25, 0.3) is 0 Å². The molecule has 1 nitrogen and oxygen atoms in total. The molecule has 0 aliphatic heterocycles. The van der Waals surface area contributed by atoms with E-state index in [-0.39, 0.29) is 0 Å². The first kappa shape index (κ1) is 11.0. The maximum atomic E-state index is 3.70. The van der Waals surface area contributed by atoms with Crippen LogP contribution < -0.4 is 5.32 Å². The summed E-state index contributed by atoms with van der Waals surface area (Å²) in [5.74, 6) is 0. The van der Waals surface area contributed by atoms with Crippen molar-refractivity contribution in [1.29, 1.82) is 0 Å². The largest absolute Gasteiger partial charge is 0.313 e. The van der Waals surface area contributed by atoms with Gasteiger partial charge in [-0.1, -0.05) is 33.6 Å². The fraction of sp³-hybridized carbons (Fsp3) is 1.00. The zero-order valence-corrected chi connectivity index (χ0v) is 9.53. The molecule has 13 heavy (non-hydrogen) atoms. The van der Waals surface area contributed by atoms with Crippen molar-refractivity contribution in [1.82, 2.24) is 5.32 Å². The van der Waals surface area contributed by atoms with Crippen molar-refractivity contribution in [2.75, 3.05) is 6.54 Å². The second kappa shape index (κ2) is 4.99. The molecule has 78 valence electrons. The lowest BCUT2D eigenvalue weighted by molar-refractivity contribution is 0.292. The Hall–Kier alpha value is -0.0400. The van der Waals surface area contributed by atoms with Gasteiger partial charge in [-0.3, -0.25) is 0 Å². The van der Waals surface area contributed by atoms with Crippen molar-refractivity contribution in [3.05, 3.63) is 0 Å². The molecule has 0 bridgehead atoms. The normalized spacial score (nSPS) is 21.2. The second-order valence-corrected chi connectivity index (χ2v) is 4.91. The Morgan fingerprint density at radius 1 is 1.15 bits per heavy atom. The molecule has 1 rings (SSSR count). The lowest BCUT2D eigenvalue weighted by atomic mass is 9.88. The highest BCUT2D eigenvalue weighted by Gasteiger charge is 2.28. The summed E-state index contributed by atoms with van der Waals surface area (Å²) in [7, 11) is 0. The molecular weight excluding hydrogens is 158 g/mol. The highest BCUT2D eigenvalue weighted by molar-refractivity contribution is 4.83. The molecule has 1 aliphatic rings. The molecule has 0 spiro atoms. The molecule has 0 unspecified atom stereocenters. The fourth-order valence-corrected chi connectivity index (χ4v) is 2.37. The van der Waals surface area contributed by atoms with Crippen molar-refractivity contribution < 1.29 is 0 Å². The monoisotopic (exact) mass is 183 g/mol. The van der Waals surface area contributed by atoms with Crippen LogP contribution in [0.2, 0.25) is 0 Å². The van der Waals surface area contributed by atoms with Crippen LogP contribution in [0, 0.1) is 5.41 Å².